The summed E-state index contributed by atoms with van der Waals surface area (Å²) in [5.41, 5.74) is 1.06. The first-order valence-electron chi connectivity index (χ1n) is 9.68. The molecule has 128 valence electrons. The molecule has 24 heavy (non-hydrogen) atoms. The summed E-state index contributed by atoms with van der Waals surface area (Å²) in [6.45, 7) is 2.17. The lowest BCUT2D eigenvalue weighted by molar-refractivity contribution is 0.462. The van der Waals surface area contributed by atoms with Gasteiger partial charge in [-0.25, -0.2) is 4.98 Å². The van der Waals surface area contributed by atoms with E-state index in [4.69, 9.17) is 9.97 Å². The largest absolute Gasteiger partial charge is 0.367 e. The number of aromatic nitrogens is 2. The first-order chi connectivity index (χ1) is 11.9. The van der Waals surface area contributed by atoms with Crippen molar-refractivity contribution in [2.45, 2.75) is 63.8 Å². The molecule has 1 aromatic heterocycles. The maximum atomic E-state index is 4.96. The summed E-state index contributed by atoms with van der Waals surface area (Å²) >= 11 is 0. The van der Waals surface area contributed by atoms with Crippen molar-refractivity contribution in [3.8, 4) is 0 Å². The molecule has 2 heterocycles. The number of anilines is 2. The van der Waals surface area contributed by atoms with Gasteiger partial charge in [0.25, 0.3) is 0 Å². The molecular formula is C20H28N4. The van der Waals surface area contributed by atoms with Crippen LogP contribution in [0, 0.1) is 0 Å². The van der Waals surface area contributed by atoms with E-state index in [1.807, 2.05) is 0 Å². The van der Waals surface area contributed by atoms with Crippen molar-refractivity contribution in [1.29, 1.82) is 0 Å². The molecule has 4 heteroatoms. The number of benzene rings is 1. The zero-order valence-electron chi connectivity index (χ0n) is 14.5. The highest BCUT2D eigenvalue weighted by Gasteiger charge is 2.18. The van der Waals surface area contributed by atoms with Crippen LogP contribution in [0.4, 0.5) is 11.8 Å². The minimum atomic E-state index is 0.564. The monoisotopic (exact) mass is 324 g/mol. The zero-order chi connectivity index (χ0) is 16.2. The van der Waals surface area contributed by atoms with Gasteiger partial charge in [0.15, 0.2) is 0 Å². The summed E-state index contributed by atoms with van der Waals surface area (Å²) in [5, 5.41) is 4.90. The number of fused-ring (bicyclic) bond motifs is 1. The first kappa shape index (κ1) is 15.7. The van der Waals surface area contributed by atoms with Gasteiger partial charge in [-0.1, -0.05) is 44.2 Å². The van der Waals surface area contributed by atoms with Crippen molar-refractivity contribution >= 4 is 22.7 Å². The van der Waals surface area contributed by atoms with Gasteiger partial charge in [0.2, 0.25) is 5.95 Å². The zero-order valence-corrected chi connectivity index (χ0v) is 14.5. The highest BCUT2D eigenvalue weighted by Crippen LogP contribution is 2.28. The summed E-state index contributed by atoms with van der Waals surface area (Å²) in [6, 6.07) is 8.99. The minimum absolute atomic E-state index is 0.564. The van der Waals surface area contributed by atoms with E-state index in [2.05, 4.69) is 34.5 Å². The van der Waals surface area contributed by atoms with Crippen LogP contribution in [-0.4, -0.2) is 29.1 Å². The summed E-state index contributed by atoms with van der Waals surface area (Å²) in [6.07, 6.45) is 11.7. The number of rotatable bonds is 3. The van der Waals surface area contributed by atoms with Crippen molar-refractivity contribution in [3.63, 3.8) is 0 Å². The van der Waals surface area contributed by atoms with Gasteiger partial charge in [-0.05, 0) is 37.8 Å². The standard InChI is InChI=1S/C20H28N4/c1-2-9-15-24(14-8-1)20-22-18-13-7-6-12-17(18)19(23-20)21-16-10-4-3-5-11-16/h6-7,12-13,16H,1-5,8-11,14-15H2,(H,21,22,23). The molecule has 4 nitrogen and oxygen atoms in total. The van der Waals surface area contributed by atoms with E-state index in [9.17, 15) is 0 Å². The molecule has 0 atom stereocenters. The van der Waals surface area contributed by atoms with E-state index in [-0.39, 0.29) is 0 Å². The third kappa shape index (κ3) is 3.47. The van der Waals surface area contributed by atoms with E-state index < -0.39 is 0 Å². The molecule has 1 aliphatic carbocycles. The van der Waals surface area contributed by atoms with Gasteiger partial charge in [-0.2, -0.15) is 4.98 Å². The number of nitrogens with zero attached hydrogens (tertiary/aromatic N) is 3. The molecule has 0 spiro atoms. The number of nitrogens with one attached hydrogen (secondary N) is 1. The summed E-state index contributed by atoms with van der Waals surface area (Å²) in [5.74, 6) is 1.95. The Kier molecular flexibility index (Phi) is 4.81. The number of hydrogen-bond acceptors (Lipinski definition) is 4. The Morgan fingerprint density at radius 3 is 2.33 bits per heavy atom. The summed E-state index contributed by atoms with van der Waals surface area (Å²) < 4.78 is 0. The molecule has 2 aliphatic rings. The highest BCUT2D eigenvalue weighted by molar-refractivity contribution is 5.90. The Balaban J connectivity index is 1.67. The molecule has 4 rings (SSSR count). The van der Waals surface area contributed by atoms with Gasteiger partial charge in [0.1, 0.15) is 5.82 Å². The molecule has 2 aromatic rings. The Morgan fingerprint density at radius 1 is 0.833 bits per heavy atom. The summed E-state index contributed by atoms with van der Waals surface area (Å²) in [4.78, 5) is 12.2. The molecule has 1 saturated heterocycles. The van der Waals surface area contributed by atoms with E-state index in [1.165, 1.54) is 57.8 Å². The second-order valence-corrected chi connectivity index (χ2v) is 7.27. The molecular weight excluding hydrogens is 296 g/mol. The fourth-order valence-corrected chi connectivity index (χ4v) is 4.03. The molecule has 0 amide bonds. The number of para-hydroxylation sites is 1. The topological polar surface area (TPSA) is 41.1 Å². The van der Waals surface area contributed by atoms with Gasteiger partial charge in [0, 0.05) is 24.5 Å². The van der Waals surface area contributed by atoms with Crippen LogP contribution in [-0.2, 0) is 0 Å². The lowest BCUT2D eigenvalue weighted by atomic mass is 9.95. The average Bonchev–Trinajstić information content (AvgIpc) is 2.92. The van der Waals surface area contributed by atoms with Gasteiger partial charge in [0.05, 0.1) is 5.52 Å². The molecule has 1 N–H and O–H groups in total. The number of hydrogen-bond donors (Lipinski definition) is 1. The highest BCUT2D eigenvalue weighted by atomic mass is 15.3. The van der Waals surface area contributed by atoms with Crippen molar-refractivity contribution in [2.75, 3.05) is 23.3 Å². The van der Waals surface area contributed by atoms with Gasteiger partial charge in [-0.3, -0.25) is 0 Å². The average molecular weight is 324 g/mol. The van der Waals surface area contributed by atoms with Crippen molar-refractivity contribution < 1.29 is 0 Å². The van der Waals surface area contributed by atoms with Crippen LogP contribution < -0.4 is 10.2 Å². The fraction of sp³-hybridized carbons (Fsp3) is 0.600. The smallest absolute Gasteiger partial charge is 0.227 e. The van der Waals surface area contributed by atoms with Crippen molar-refractivity contribution in [3.05, 3.63) is 24.3 Å². The molecule has 0 unspecified atom stereocenters. The SMILES string of the molecule is c1ccc2c(NC3CCCCC3)nc(N3CCCCCC3)nc2c1. The fourth-order valence-electron chi connectivity index (χ4n) is 4.03. The van der Waals surface area contributed by atoms with Crippen molar-refractivity contribution in [1.82, 2.24) is 9.97 Å². The molecule has 2 fully saturated rings. The van der Waals surface area contributed by atoms with Gasteiger partial charge in [-0.15, -0.1) is 0 Å². The van der Waals surface area contributed by atoms with Crippen LogP contribution in [0.25, 0.3) is 10.9 Å². The lowest BCUT2D eigenvalue weighted by Crippen LogP contribution is -2.27. The third-order valence-electron chi connectivity index (χ3n) is 5.43. The van der Waals surface area contributed by atoms with Crippen LogP contribution in [0.2, 0.25) is 0 Å². The Morgan fingerprint density at radius 2 is 1.54 bits per heavy atom. The van der Waals surface area contributed by atoms with Crippen LogP contribution in [0.5, 0.6) is 0 Å². The molecule has 1 saturated carbocycles. The van der Waals surface area contributed by atoms with Crippen LogP contribution in [0.15, 0.2) is 24.3 Å². The van der Waals surface area contributed by atoms with E-state index >= 15 is 0 Å². The van der Waals surface area contributed by atoms with Crippen molar-refractivity contribution in [2.24, 2.45) is 0 Å². The molecule has 1 aliphatic heterocycles. The van der Waals surface area contributed by atoms with Crippen LogP contribution in [0.1, 0.15) is 57.8 Å². The summed E-state index contributed by atoms with van der Waals surface area (Å²) in [7, 11) is 0. The van der Waals surface area contributed by atoms with Crippen LogP contribution >= 0.6 is 0 Å². The lowest BCUT2D eigenvalue weighted by Gasteiger charge is -2.26. The minimum Gasteiger partial charge on any atom is -0.367 e. The normalized spacial score (nSPS) is 20.1. The van der Waals surface area contributed by atoms with E-state index in [0.29, 0.717) is 6.04 Å². The maximum Gasteiger partial charge on any atom is 0.227 e. The predicted octanol–water partition coefficient (Wildman–Crippen LogP) is 4.75. The molecule has 0 radical (unpaired) electrons. The van der Waals surface area contributed by atoms with Gasteiger partial charge < -0.3 is 10.2 Å². The Labute approximate surface area is 144 Å². The second-order valence-electron chi connectivity index (χ2n) is 7.27. The molecule has 0 bridgehead atoms. The van der Waals surface area contributed by atoms with E-state index in [1.54, 1.807) is 0 Å². The first-order valence-corrected chi connectivity index (χ1v) is 9.68. The maximum absolute atomic E-state index is 4.96. The van der Waals surface area contributed by atoms with Crippen LogP contribution in [0.3, 0.4) is 0 Å². The third-order valence-corrected chi connectivity index (χ3v) is 5.43. The Hall–Kier alpha value is -1.84. The predicted molar refractivity (Wildman–Crippen MR) is 101 cm³/mol. The molecule has 1 aromatic carbocycles. The quantitative estimate of drug-likeness (QED) is 0.884. The Bertz CT molecular complexity index is 670. The van der Waals surface area contributed by atoms with Gasteiger partial charge >= 0.3 is 0 Å². The second kappa shape index (κ2) is 7.37. The van der Waals surface area contributed by atoms with E-state index in [0.717, 1.165) is 35.8 Å².